The van der Waals surface area contributed by atoms with E-state index in [2.05, 4.69) is 48.2 Å². The van der Waals surface area contributed by atoms with E-state index in [1.807, 2.05) is 30.3 Å². The zero-order valence-electron chi connectivity index (χ0n) is 19.7. The Labute approximate surface area is 198 Å². The molecule has 6 heteroatoms. The highest BCUT2D eigenvalue weighted by atomic mass is 16.2. The minimum Gasteiger partial charge on any atom is -0.358 e. The Morgan fingerprint density at radius 2 is 2.00 bits per heavy atom. The number of hydrogen-bond acceptors (Lipinski definition) is 3. The molecule has 6 nitrogen and oxygen atoms in total. The first-order valence-corrected chi connectivity index (χ1v) is 11.4. The van der Waals surface area contributed by atoms with E-state index in [9.17, 15) is 9.59 Å². The van der Waals surface area contributed by atoms with Crippen LogP contribution in [0.25, 0.3) is 22.2 Å². The lowest BCUT2D eigenvalue weighted by atomic mass is 9.70. The first-order chi connectivity index (χ1) is 16.3. The fourth-order valence-corrected chi connectivity index (χ4v) is 4.96. The number of carbonyl (C=O) groups is 2. The van der Waals surface area contributed by atoms with Crippen molar-refractivity contribution in [2.24, 2.45) is 0 Å². The number of fused-ring (bicyclic) bond motifs is 4. The molecule has 2 N–H and O–H groups in total. The number of rotatable bonds is 4. The molecule has 0 bridgehead atoms. The van der Waals surface area contributed by atoms with Crippen LogP contribution in [0.3, 0.4) is 0 Å². The Hall–Kier alpha value is -4.11. The van der Waals surface area contributed by atoms with Crippen molar-refractivity contribution in [3.05, 3.63) is 76.1 Å². The van der Waals surface area contributed by atoms with Crippen LogP contribution >= 0.6 is 0 Å². The first kappa shape index (κ1) is 21.7. The molecule has 5 rings (SSSR count). The van der Waals surface area contributed by atoms with Crippen molar-refractivity contribution in [3.8, 4) is 23.6 Å². The molecule has 2 aromatic heterocycles. The molecule has 4 aromatic rings. The summed E-state index contributed by atoms with van der Waals surface area (Å²) in [6, 6.07) is 11.8. The number of ketones is 1. The van der Waals surface area contributed by atoms with Crippen LogP contribution in [0.2, 0.25) is 0 Å². The third-order valence-corrected chi connectivity index (χ3v) is 6.86. The van der Waals surface area contributed by atoms with E-state index in [0.717, 1.165) is 62.1 Å². The topological polar surface area (TPSA) is 79.8 Å². The van der Waals surface area contributed by atoms with E-state index in [-0.39, 0.29) is 18.2 Å². The van der Waals surface area contributed by atoms with Crippen LogP contribution in [0.4, 0.5) is 0 Å². The number of aromatic amines is 1. The van der Waals surface area contributed by atoms with Crippen LogP contribution in [-0.2, 0) is 23.2 Å². The van der Waals surface area contributed by atoms with Crippen molar-refractivity contribution in [1.29, 1.82) is 0 Å². The minimum absolute atomic E-state index is 0.0235. The number of hydrogen-bond donors (Lipinski definition) is 2. The van der Waals surface area contributed by atoms with Crippen molar-refractivity contribution in [3.63, 3.8) is 0 Å². The van der Waals surface area contributed by atoms with Crippen molar-refractivity contribution in [2.75, 3.05) is 7.05 Å². The third-order valence-electron chi connectivity index (χ3n) is 6.86. The second kappa shape index (κ2) is 7.74. The Morgan fingerprint density at radius 1 is 1.21 bits per heavy atom. The van der Waals surface area contributed by atoms with Gasteiger partial charge in [0.25, 0.3) is 0 Å². The average molecular weight is 451 g/mol. The molecule has 34 heavy (non-hydrogen) atoms. The van der Waals surface area contributed by atoms with Gasteiger partial charge in [0, 0.05) is 51.9 Å². The highest BCUT2D eigenvalue weighted by Gasteiger charge is 2.40. The maximum absolute atomic E-state index is 13.8. The van der Waals surface area contributed by atoms with Crippen LogP contribution in [0.1, 0.15) is 59.1 Å². The molecule has 170 valence electrons. The number of benzene rings is 2. The quantitative estimate of drug-likeness (QED) is 0.458. The summed E-state index contributed by atoms with van der Waals surface area (Å²) in [5.41, 5.74) is 7.34. The Morgan fingerprint density at radius 3 is 2.71 bits per heavy atom. The summed E-state index contributed by atoms with van der Waals surface area (Å²) in [5, 5.41) is 8.15. The molecule has 0 unspecified atom stereocenters. The molecular formula is C28H26N4O2. The number of aryl methyl sites for hydroxylation is 1. The molecule has 2 aromatic carbocycles. The predicted molar refractivity (Wildman–Crippen MR) is 133 cm³/mol. The van der Waals surface area contributed by atoms with Gasteiger partial charge in [-0.15, -0.1) is 6.42 Å². The average Bonchev–Trinajstić information content (AvgIpc) is 3.46. The third kappa shape index (κ3) is 3.16. The number of nitrogens with one attached hydrogen (secondary N) is 2. The fourth-order valence-electron chi connectivity index (χ4n) is 4.96. The van der Waals surface area contributed by atoms with Crippen molar-refractivity contribution >= 4 is 22.6 Å². The number of likely N-dealkylation sites (N-methyl/N-ethyl adjacent to an activating group) is 1. The van der Waals surface area contributed by atoms with Crippen LogP contribution in [-0.4, -0.2) is 33.5 Å². The zero-order chi connectivity index (χ0) is 24.2. The summed E-state index contributed by atoms with van der Waals surface area (Å²) in [4.78, 5) is 29.0. The van der Waals surface area contributed by atoms with Gasteiger partial charge < -0.3 is 10.3 Å². The van der Waals surface area contributed by atoms with E-state index in [1.165, 1.54) is 0 Å². The number of amides is 1. The number of aromatic nitrogens is 3. The van der Waals surface area contributed by atoms with Gasteiger partial charge in [0.05, 0.1) is 11.3 Å². The summed E-state index contributed by atoms with van der Waals surface area (Å²) in [6.07, 6.45) is 8.15. The second-order valence-electron chi connectivity index (χ2n) is 9.21. The van der Waals surface area contributed by atoms with E-state index < -0.39 is 5.41 Å². The lowest BCUT2D eigenvalue weighted by Gasteiger charge is -2.33. The lowest BCUT2D eigenvalue weighted by molar-refractivity contribution is -0.121. The van der Waals surface area contributed by atoms with E-state index in [4.69, 9.17) is 6.42 Å². The Balaban J connectivity index is 1.68. The van der Waals surface area contributed by atoms with Gasteiger partial charge in [-0.1, -0.05) is 32.8 Å². The van der Waals surface area contributed by atoms with Crippen LogP contribution in [0.5, 0.6) is 0 Å². The normalized spacial score (nSPS) is 13.9. The monoisotopic (exact) mass is 450 g/mol. The summed E-state index contributed by atoms with van der Waals surface area (Å²) >= 11 is 0. The van der Waals surface area contributed by atoms with Gasteiger partial charge in [0.2, 0.25) is 5.91 Å². The van der Waals surface area contributed by atoms with E-state index in [0.29, 0.717) is 0 Å². The van der Waals surface area contributed by atoms with E-state index in [1.54, 1.807) is 17.9 Å². The number of carbonyl (C=O) groups excluding carboxylic acids is 2. The maximum Gasteiger partial charge on any atom is 0.241 e. The standard InChI is InChI=1S/C28H26N4O2/c1-6-16-8-9-18-23(12-16)30-27-25(18)26(34)20-13-17(7-2)19(14-21(20)28(27,3)4)22-10-11-32(31-22)15-24(33)29-5/h1,8-14,30H,7,15H2,2-5H3,(H,29,33). The maximum atomic E-state index is 13.8. The Bertz CT molecular complexity index is 1530. The Kier molecular flexibility index (Phi) is 4.94. The number of terminal acetylenes is 1. The van der Waals surface area contributed by atoms with Gasteiger partial charge in [0.15, 0.2) is 5.78 Å². The summed E-state index contributed by atoms with van der Waals surface area (Å²) < 4.78 is 1.63. The van der Waals surface area contributed by atoms with E-state index >= 15 is 0 Å². The van der Waals surface area contributed by atoms with Crippen molar-refractivity contribution in [1.82, 2.24) is 20.1 Å². The first-order valence-electron chi connectivity index (χ1n) is 11.4. The van der Waals surface area contributed by atoms with Crippen LogP contribution in [0.15, 0.2) is 42.6 Å². The van der Waals surface area contributed by atoms with Gasteiger partial charge in [-0.25, -0.2) is 0 Å². The SMILES string of the molecule is C#Cc1ccc2c3c([nH]c2c1)C(C)(C)c1cc(-c2ccn(CC(=O)NC)n2)c(CC)cc1C3=O. The largest absolute Gasteiger partial charge is 0.358 e. The van der Waals surface area contributed by atoms with Gasteiger partial charge in [-0.2, -0.15) is 5.10 Å². The summed E-state index contributed by atoms with van der Waals surface area (Å²) in [6.45, 7) is 6.50. The van der Waals surface area contributed by atoms with Crippen LogP contribution in [0, 0.1) is 12.3 Å². The molecule has 0 spiro atoms. The molecule has 0 saturated carbocycles. The van der Waals surface area contributed by atoms with Gasteiger partial charge in [0.1, 0.15) is 6.54 Å². The molecule has 0 saturated heterocycles. The molecule has 0 fully saturated rings. The highest BCUT2D eigenvalue weighted by molar-refractivity contribution is 6.20. The number of H-pyrrole nitrogens is 1. The smallest absolute Gasteiger partial charge is 0.241 e. The van der Waals surface area contributed by atoms with Crippen molar-refractivity contribution < 1.29 is 9.59 Å². The molecule has 1 amide bonds. The minimum atomic E-state index is -0.431. The summed E-state index contributed by atoms with van der Waals surface area (Å²) in [7, 11) is 1.61. The molecule has 2 heterocycles. The van der Waals surface area contributed by atoms with Gasteiger partial charge in [-0.05, 0) is 47.9 Å². The number of nitrogens with zero attached hydrogens (tertiary/aromatic N) is 2. The molecule has 0 atom stereocenters. The summed E-state index contributed by atoms with van der Waals surface area (Å²) in [5.74, 6) is 2.58. The molecule has 1 aliphatic rings. The van der Waals surface area contributed by atoms with Crippen molar-refractivity contribution in [2.45, 2.75) is 39.2 Å². The molecule has 0 aliphatic heterocycles. The predicted octanol–water partition coefficient (Wildman–Crippen LogP) is 4.19. The zero-order valence-corrected chi connectivity index (χ0v) is 19.7. The lowest BCUT2D eigenvalue weighted by Crippen LogP contribution is -2.30. The second-order valence-corrected chi connectivity index (χ2v) is 9.21. The molecule has 0 radical (unpaired) electrons. The van der Waals surface area contributed by atoms with Gasteiger partial charge in [-0.3, -0.25) is 14.3 Å². The van der Waals surface area contributed by atoms with Crippen LogP contribution < -0.4 is 5.32 Å². The fraction of sp³-hybridized carbons (Fsp3) is 0.250. The molecular weight excluding hydrogens is 424 g/mol. The van der Waals surface area contributed by atoms with Gasteiger partial charge >= 0.3 is 0 Å². The highest BCUT2D eigenvalue weighted by Crippen LogP contribution is 2.45. The molecule has 1 aliphatic carbocycles.